The average Bonchev–Trinajstić information content (AvgIpc) is 2.11. The van der Waals surface area contributed by atoms with Gasteiger partial charge in [0.1, 0.15) is 5.75 Å². The Kier molecular flexibility index (Phi) is 4.14. The minimum absolute atomic E-state index is 0.00757. The van der Waals surface area contributed by atoms with E-state index in [2.05, 4.69) is 0 Å². The predicted molar refractivity (Wildman–Crippen MR) is 54.9 cm³/mol. The van der Waals surface area contributed by atoms with Crippen LogP contribution in [0.5, 0.6) is 5.75 Å². The minimum Gasteiger partial charge on any atom is -0.493 e. The number of halogens is 3. The number of benzene rings is 1. The number of rotatable bonds is 4. The molecule has 0 radical (unpaired) electrons. The lowest BCUT2D eigenvalue weighted by Gasteiger charge is -2.07. The first-order chi connectivity index (χ1) is 6.97. The highest BCUT2D eigenvalue weighted by atomic mass is 32.2. The Labute approximate surface area is 89.6 Å². The van der Waals surface area contributed by atoms with Gasteiger partial charge in [-0.15, -0.1) is 0 Å². The third-order valence-corrected chi connectivity index (χ3v) is 2.17. The molecule has 1 aromatic carbocycles. The van der Waals surface area contributed by atoms with E-state index < -0.39 is 5.51 Å². The Morgan fingerprint density at radius 2 is 2.07 bits per heavy atom. The average molecular weight is 237 g/mol. The van der Waals surface area contributed by atoms with Crippen LogP contribution in [0.2, 0.25) is 0 Å². The van der Waals surface area contributed by atoms with Crippen LogP contribution in [-0.2, 0) is 0 Å². The molecule has 0 amide bonds. The Morgan fingerprint density at radius 1 is 1.33 bits per heavy atom. The highest BCUT2D eigenvalue weighted by Crippen LogP contribution is 2.29. The first-order valence-electron chi connectivity index (χ1n) is 4.16. The summed E-state index contributed by atoms with van der Waals surface area (Å²) in [5.74, 6) is 0.357. The molecule has 84 valence electrons. The van der Waals surface area contributed by atoms with Crippen LogP contribution in [0.25, 0.3) is 0 Å². The van der Waals surface area contributed by atoms with Gasteiger partial charge in [0, 0.05) is 17.5 Å². The van der Waals surface area contributed by atoms with E-state index in [9.17, 15) is 13.2 Å². The maximum absolute atomic E-state index is 11.7. The maximum Gasteiger partial charge on any atom is 0.441 e. The molecular formula is C9H10F3NOS. The smallest absolute Gasteiger partial charge is 0.441 e. The molecule has 2 nitrogen and oxygen atoms in total. The largest absolute Gasteiger partial charge is 0.493 e. The van der Waals surface area contributed by atoms with Gasteiger partial charge in [-0.05, 0) is 23.9 Å². The Hall–Kier alpha value is -1.04. The summed E-state index contributed by atoms with van der Waals surface area (Å²) in [4.78, 5) is 0. The SMILES string of the molecule is Nc1cccc(OCCSC(F)(F)F)c1. The van der Waals surface area contributed by atoms with Gasteiger partial charge in [-0.1, -0.05) is 6.07 Å². The number of alkyl halides is 3. The van der Waals surface area contributed by atoms with Gasteiger partial charge in [0.2, 0.25) is 0 Å². The van der Waals surface area contributed by atoms with Crippen molar-refractivity contribution in [3.05, 3.63) is 24.3 Å². The standard InChI is InChI=1S/C9H10F3NOS/c10-9(11,12)15-5-4-14-8-3-1-2-7(13)6-8/h1-3,6H,4-5,13H2. The van der Waals surface area contributed by atoms with Crippen molar-refractivity contribution in [2.75, 3.05) is 18.1 Å². The third kappa shape index (κ3) is 5.41. The lowest BCUT2D eigenvalue weighted by molar-refractivity contribution is -0.0329. The highest BCUT2D eigenvalue weighted by Gasteiger charge is 2.27. The topological polar surface area (TPSA) is 35.2 Å². The summed E-state index contributed by atoms with van der Waals surface area (Å²) in [6.45, 7) is 0.00757. The van der Waals surface area contributed by atoms with Crippen molar-refractivity contribution in [2.24, 2.45) is 0 Å². The summed E-state index contributed by atoms with van der Waals surface area (Å²) < 4.78 is 40.3. The van der Waals surface area contributed by atoms with Gasteiger partial charge in [-0.25, -0.2) is 0 Å². The first-order valence-corrected chi connectivity index (χ1v) is 5.15. The molecule has 0 saturated carbocycles. The molecule has 0 heterocycles. The van der Waals surface area contributed by atoms with E-state index in [0.29, 0.717) is 11.4 Å². The fourth-order valence-corrected chi connectivity index (χ4v) is 1.32. The minimum atomic E-state index is -4.20. The van der Waals surface area contributed by atoms with Crippen LogP contribution in [-0.4, -0.2) is 17.9 Å². The van der Waals surface area contributed by atoms with Crippen molar-refractivity contribution in [3.8, 4) is 5.75 Å². The van der Waals surface area contributed by atoms with Gasteiger partial charge in [-0.3, -0.25) is 0 Å². The molecule has 2 N–H and O–H groups in total. The lowest BCUT2D eigenvalue weighted by Crippen LogP contribution is -2.07. The van der Waals surface area contributed by atoms with E-state index in [4.69, 9.17) is 10.5 Å². The summed E-state index contributed by atoms with van der Waals surface area (Å²) in [6, 6.07) is 6.58. The number of anilines is 1. The Morgan fingerprint density at radius 3 is 2.67 bits per heavy atom. The van der Waals surface area contributed by atoms with Gasteiger partial charge in [0.25, 0.3) is 0 Å². The third-order valence-electron chi connectivity index (χ3n) is 1.48. The highest BCUT2D eigenvalue weighted by molar-refractivity contribution is 8.00. The zero-order valence-electron chi connectivity index (χ0n) is 7.75. The number of hydrogen-bond donors (Lipinski definition) is 1. The van der Waals surface area contributed by atoms with Crippen molar-refractivity contribution in [3.63, 3.8) is 0 Å². The molecule has 1 rings (SSSR count). The van der Waals surface area contributed by atoms with E-state index in [0.717, 1.165) is 0 Å². The summed E-state index contributed by atoms with van der Waals surface area (Å²) in [6.07, 6.45) is 0. The quantitative estimate of drug-likeness (QED) is 0.646. The van der Waals surface area contributed by atoms with Crippen molar-refractivity contribution in [1.82, 2.24) is 0 Å². The molecule has 0 fully saturated rings. The molecule has 0 bridgehead atoms. The number of nitrogen functional groups attached to an aromatic ring is 1. The van der Waals surface area contributed by atoms with E-state index >= 15 is 0 Å². The maximum atomic E-state index is 11.7. The number of nitrogens with two attached hydrogens (primary N) is 1. The van der Waals surface area contributed by atoms with Gasteiger partial charge >= 0.3 is 5.51 Å². The van der Waals surface area contributed by atoms with E-state index in [-0.39, 0.29) is 24.1 Å². The molecule has 0 atom stereocenters. The van der Waals surface area contributed by atoms with Crippen LogP contribution < -0.4 is 10.5 Å². The second-order valence-corrected chi connectivity index (χ2v) is 3.87. The van der Waals surface area contributed by atoms with Crippen molar-refractivity contribution in [2.45, 2.75) is 5.51 Å². The van der Waals surface area contributed by atoms with Crippen LogP contribution in [0, 0.1) is 0 Å². The molecular weight excluding hydrogens is 227 g/mol. The molecule has 15 heavy (non-hydrogen) atoms. The zero-order valence-corrected chi connectivity index (χ0v) is 8.57. The van der Waals surface area contributed by atoms with Crippen LogP contribution in [0.4, 0.5) is 18.9 Å². The van der Waals surface area contributed by atoms with Gasteiger partial charge in [-0.2, -0.15) is 13.2 Å². The van der Waals surface area contributed by atoms with E-state index in [1.807, 2.05) is 0 Å². The van der Waals surface area contributed by atoms with E-state index in [1.54, 1.807) is 24.3 Å². The van der Waals surface area contributed by atoms with Crippen LogP contribution in [0.1, 0.15) is 0 Å². The van der Waals surface area contributed by atoms with Crippen LogP contribution in [0.3, 0.4) is 0 Å². The lowest BCUT2D eigenvalue weighted by atomic mass is 10.3. The number of ether oxygens (including phenoxy) is 1. The normalized spacial score (nSPS) is 11.4. The Balaban J connectivity index is 2.26. The Bertz CT molecular complexity index is 316. The molecule has 0 spiro atoms. The zero-order chi connectivity index (χ0) is 11.3. The van der Waals surface area contributed by atoms with Crippen LogP contribution >= 0.6 is 11.8 Å². The molecule has 6 heteroatoms. The summed E-state index contributed by atoms with van der Waals surface area (Å²) in [5, 5.41) is 0. The van der Waals surface area contributed by atoms with Gasteiger partial charge < -0.3 is 10.5 Å². The summed E-state index contributed by atoms with van der Waals surface area (Å²) >= 11 is -0.0992. The second kappa shape index (κ2) is 5.16. The van der Waals surface area contributed by atoms with Crippen LogP contribution in [0.15, 0.2) is 24.3 Å². The fraction of sp³-hybridized carbons (Fsp3) is 0.333. The van der Waals surface area contributed by atoms with Gasteiger partial charge in [0.15, 0.2) is 0 Å². The monoisotopic (exact) mass is 237 g/mol. The summed E-state index contributed by atoms with van der Waals surface area (Å²) in [5.41, 5.74) is 1.80. The molecule has 1 aromatic rings. The first kappa shape index (κ1) is 12.0. The summed E-state index contributed by atoms with van der Waals surface area (Å²) in [7, 11) is 0. The van der Waals surface area contributed by atoms with Crippen molar-refractivity contribution >= 4 is 17.4 Å². The number of thioether (sulfide) groups is 1. The molecule has 0 aromatic heterocycles. The molecule has 0 unspecified atom stereocenters. The second-order valence-electron chi connectivity index (χ2n) is 2.72. The molecule has 0 saturated heterocycles. The fourth-order valence-electron chi connectivity index (χ4n) is 0.921. The van der Waals surface area contributed by atoms with Crippen molar-refractivity contribution in [1.29, 1.82) is 0 Å². The molecule has 0 aliphatic carbocycles. The van der Waals surface area contributed by atoms with E-state index in [1.165, 1.54) is 0 Å². The number of hydrogen-bond acceptors (Lipinski definition) is 3. The predicted octanol–water partition coefficient (Wildman–Crippen LogP) is 2.90. The van der Waals surface area contributed by atoms with Crippen molar-refractivity contribution < 1.29 is 17.9 Å². The molecule has 0 aliphatic rings. The molecule has 0 aliphatic heterocycles. The van der Waals surface area contributed by atoms with Gasteiger partial charge in [0.05, 0.1) is 6.61 Å².